The van der Waals surface area contributed by atoms with Crippen LogP contribution in [0, 0.1) is 11.7 Å². The van der Waals surface area contributed by atoms with E-state index in [-0.39, 0.29) is 23.9 Å². The molecule has 1 aliphatic heterocycles. The minimum absolute atomic E-state index is 0.0178. The van der Waals surface area contributed by atoms with Crippen LogP contribution in [0.3, 0.4) is 0 Å². The minimum atomic E-state index is -1.35. The zero-order chi connectivity index (χ0) is 13.3. The van der Waals surface area contributed by atoms with Gasteiger partial charge in [-0.3, -0.25) is 4.79 Å². The van der Waals surface area contributed by atoms with E-state index >= 15 is 0 Å². The summed E-state index contributed by atoms with van der Waals surface area (Å²) in [5.41, 5.74) is -0.411. The summed E-state index contributed by atoms with van der Waals surface area (Å²) >= 11 is 0. The van der Waals surface area contributed by atoms with E-state index in [4.69, 9.17) is 5.11 Å². The fourth-order valence-corrected chi connectivity index (χ4v) is 2.02. The van der Waals surface area contributed by atoms with Gasteiger partial charge in [0.05, 0.1) is 11.3 Å². The topological polar surface area (TPSA) is 57.6 Å². The second-order valence-corrected chi connectivity index (χ2v) is 4.15. The third kappa shape index (κ3) is 1.99. The minimum Gasteiger partial charge on any atom is -0.478 e. The number of nitrogens with zero attached hydrogens (tertiary/aromatic N) is 1. The molecule has 1 saturated heterocycles. The van der Waals surface area contributed by atoms with Gasteiger partial charge in [-0.05, 0) is 12.1 Å². The smallest absolute Gasteiger partial charge is 0.338 e. The molecule has 2 rings (SSSR count). The first-order valence-corrected chi connectivity index (χ1v) is 5.49. The van der Waals surface area contributed by atoms with Crippen molar-refractivity contribution in [3.8, 4) is 0 Å². The molecule has 18 heavy (non-hydrogen) atoms. The highest BCUT2D eigenvalue weighted by atomic mass is 19.1. The zero-order valence-electron chi connectivity index (χ0n) is 9.60. The standard InChI is InChI=1S/C13H12FNO3/c1-2-8-6-11(16)15(7-8)10-5-3-4-9(12(10)14)13(17)18/h2-5,8H,1,6-7H2,(H,17,18). The van der Waals surface area contributed by atoms with Gasteiger partial charge in [-0.15, -0.1) is 6.58 Å². The molecule has 94 valence electrons. The number of carboxylic acid groups (broad SMARTS) is 1. The molecule has 0 aromatic heterocycles. The fourth-order valence-electron chi connectivity index (χ4n) is 2.02. The summed E-state index contributed by atoms with van der Waals surface area (Å²) in [6, 6.07) is 4.01. The second kappa shape index (κ2) is 4.60. The number of rotatable bonds is 3. The Hall–Kier alpha value is -2.17. The molecule has 1 N–H and O–H groups in total. The van der Waals surface area contributed by atoms with Crippen molar-refractivity contribution in [2.75, 3.05) is 11.4 Å². The van der Waals surface area contributed by atoms with Crippen molar-refractivity contribution < 1.29 is 19.1 Å². The molecule has 1 amide bonds. The molecule has 1 heterocycles. The number of halogens is 1. The Bertz CT molecular complexity index is 527. The van der Waals surface area contributed by atoms with Crippen LogP contribution in [-0.2, 0) is 4.79 Å². The average Bonchev–Trinajstić information content (AvgIpc) is 2.70. The predicted octanol–water partition coefficient (Wildman–Crippen LogP) is 2.06. The van der Waals surface area contributed by atoms with Crippen LogP contribution < -0.4 is 4.90 Å². The number of anilines is 1. The van der Waals surface area contributed by atoms with Crippen molar-refractivity contribution in [1.29, 1.82) is 0 Å². The first-order valence-electron chi connectivity index (χ1n) is 5.49. The number of aromatic carboxylic acids is 1. The number of hydrogen-bond donors (Lipinski definition) is 1. The predicted molar refractivity (Wildman–Crippen MR) is 64.0 cm³/mol. The molecule has 1 fully saturated rings. The molecule has 0 aliphatic carbocycles. The van der Waals surface area contributed by atoms with Crippen LogP contribution in [0.1, 0.15) is 16.8 Å². The number of hydrogen-bond acceptors (Lipinski definition) is 2. The Morgan fingerprint density at radius 1 is 1.56 bits per heavy atom. The average molecular weight is 249 g/mol. The van der Waals surface area contributed by atoms with Crippen LogP contribution in [0.4, 0.5) is 10.1 Å². The molecule has 4 nitrogen and oxygen atoms in total. The zero-order valence-corrected chi connectivity index (χ0v) is 9.60. The molecular formula is C13H12FNO3. The van der Waals surface area contributed by atoms with Crippen molar-refractivity contribution in [3.05, 3.63) is 42.2 Å². The molecule has 1 aromatic carbocycles. The van der Waals surface area contributed by atoms with E-state index in [2.05, 4.69) is 6.58 Å². The van der Waals surface area contributed by atoms with Gasteiger partial charge in [0.15, 0.2) is 5.82 Å². The van der Waals surface area contributed by atoms with Crippen LogP contribution in [0.15, 0.2) is 30.9 Å². The third-order valence-corrected chi connectivity index (χ3v) is 2.99. The molecule has 1 aromatic rings. The number of carbonyl (C=O) groups excluding carboxylic acids is 1. The molecule has 0 radical (unpaired) electrons. The van der Waals surface area contributed by atoms with Crippen LogP contribution in [0.2, 0.25) is 0 Å². The SMILES string of the molecule is C=CC1CC(=O)N(c2cccc(C(=O)O)c2F)C1. The first-order chi connectivity index (χ1) is 8.54. The van der Waals surface area contributed by atoms with Gasteiger partial charge in [-0.25, -0.2) is 9.18 Å². The summed E-state index contributed by atoms with van der Waals surface area (Å²) in [5, 5.41) is 8.84. The van der Waals surface area contributed by atoms with E-state index in [0.29, 0.717) is 6.54 Å². The fraction of sp³-hybridized carbons (Fsp3) is 0.231. The van der Waals surface area contributed by atoms with Crippen molar-refractivity contribution >= 4 is 17.6 Å². The van der Waals surface area contributed by atoms with Gasteiger partial charge in [0.2, 0.25) is 5.91 Å². The second-order valence-electron chi connectivity index (χ2n) is 4.15. The molecule has 1 unspecified atom stereocenters. The van der Waals surface area contributed by atoms with Crippen molar-refractivity contribution in [1.82, 2.24) is 0 Å². The lowest BCUT2D eigenvalue weighted by Crippen LogP contribution is -2.26. The van der Waals surface area contributed by atoms with Crippen LogP contribution in [-0.4, -0.2) is 23.5 Å². The summed E-state index contributed by atoms with van der Waals surface area (Å²) in [4.78, 5) is 23.8. The lowest BCUT2D eigenvalue weighted by molar-refractivity contribution is -0.117. The van der Waals surface area contributed by atoms with Gasteiger partial charge in [-0.2, -0.15) is 0 Å². The number of carboxylic acids is 1. The quantitative estimate of drug-likeness (QED) is 0.834. The van der Waals surface area contributed by atoms with Crippen LogP contribution >= 0.6 is 0 Å². The van der Waals surface area contributed by atoms with E-state index in [1.165, 1.54) is 23.1 Å². The van der Waals surface area contributed by atoms with Crippen molar-refractivity contribution in [2.24, 2.45) is 5.92 Å². The summed E-state index contributed by atoms with van der Waals surface area (Å²) in [5.74, 6) is -2.46. The summed E-state index contributed by atoms with van der Waals surface area (Å²) in [6.45, 7) is 3.94. The van der Waals surface area contributed by atoms with E-state index in [9.17, 15) is 14.0 Å². The third-order valence-electron chi connectivity index (χ3n) is 2.99. The first kappa shape index (κ1) is 12.3. The van der Waals surface area contributed by atoms with Crippen molar-refractivity contribution in [3.63, 3.8) is 0 Å². The number of amides is 1. The molecule has 0 saturated carbocycles. The normalized spacial score (nSPS) is 19.1. The lowest BCUT2D eigenvalue weighted by atomic mass is 10.1. The molecule has 0 spiro atoms. The van der Waals surface area contributed by atoms with Gasteiger partial charge in [0.25, 0.3) is 0 Å². The Labute approximate surface area is 103 Å². The molecule has 1 aliphatic rings. The Kier molecular flexibility index (Phi) is 3.14. The van der Waals surface area contributed by atoms with Gasteiger partial charge < -0.3 is 10.0 Å². The number of benzene rings is 1. The summed E-state index contributed by atoms with van der Waals surface area (Å²) in [7, 11) is 0. The van der Waals surface area contributed by atoms with E-state index in [1.807, 2.05) is 0 Å². The maximum atomic E-state index is 14.0. The summed E-state index contributed by atoms with van der Waals surface area (Å²) < 4.78 is 14.0. The van der Waals surface area contributed by atoms with Crippen molar-refractivity contribution in [2.45, 2.75) is 6.42 Å². The largest absolute Gasteiger partial charge is 0.478 e. The number of carbonyl (C=O) groups is 2. The van der Waals surface area contributed by atoms with Gasteiger partial charge >= 0.3 is 5.97 Å². The lowest BCUT2D eigenvalue weighted by Gasteiger charge is -2.17. The molecule has 1 atom stereocenters. The monoisotopic (exact) mass is 249 g/mol. The highest BCUT2D eigenvalue weighted by molar-refractivity contribution is 5.98. The maximum absolute atomic E-state index is 14.0. The Morgan fingerprint density at radius 2 is 2.28 bits per heavy atom. The van der Waals surface area contributed by atoms with Crippen LogP contribution in [0.25, 0.3) is 0 Å². The van der Waals surface area contributed by atoms with Gasteiger partial charge in [-0.1, -0.05) is 12.1 Å². The summed E-state index contributed by atoms with van der Waals surface area (Å²) in [6.07, 6.45) is 1.93. The molecule has 0 bridgehead atoms. The Morgan fingerprint density at radius 3 is 2.83 bits per heavy atom. The highest BCUT2D eigenvalue weighted by Gasteiger charge is 2.31. The van der Waals surface area contributed by atoms with Crippen LogP contribution in [0.5, 0.6) is 0 Å². The van der Waals surface area contributed by atoms with Gasteiger partial charge in [0, 0.05) is 18.9 Å². The van der Waals surface area contributed by atoms with Gasteiger partial charge in [0.1, 0.15) is 0 Å². The van der Waals surface area contributed by atoms with E-state index in [0.717, 1.165) is 0 Å². The molecule has 5 heteroatoms. The molecular weight excluding hydrogens is 237 g/mol. The van der Waals surface area contributed by atoms with E-state index < -0.39 is 17.3 Å². The Balaban J connectivity index is 2.40. The highest BCUT2D eigenvalue weighted by Crippen LogP contribution is 2.29. The maximum Gasteiger partial charge on any atom is 0.338 e. The van der Waals surface area contributed by atoms with E-state index in [1.54, 1.807) is 6.08 Å².